The Kier molecular flexibility index (Phi) is 6.00. The molecule has 0 spiro atoms. The molecule has 0 saturated carbocycles. The number of halogens is 1. The van der Waals surface area contributed by atoms with Crippen molar-refractivity contribution < 1.29 is 14.1 Å². The third kappa shape index (κ3) is 4.60. The Morgan fingerprint density at radius 1 is 1.22 bits per heavy atom. The van der Waals surface area contributed by atoms with E-state index < -0.39 is 0 Å². The molecule has 138 valence electrons. The lowest BCUT2D eigenvalue weighted by Gasteiger charge is -2.33. The molecule has 2 aromatic rings. The number of hydrogen-bond acceptors (Lipinski definition) is 3. The molecule has 3 rings (SSSR count). The van der Waals surface area contributed by atoms with Gasteiger partial charge in [0.2, 0.25) is 0 Å². The average Bonchev–Trinajstić information content (AvgIpc) is 2.72. The van der Waals surface area contributed by atoms with Gasteiger partial charge in [-0.25, -0.2) is 4.39 Å². The highest BCUT2D eigenvalue weighted by Gasteiger charge is 2.21. The van der Waals surface area contributed by atoms with Crippen LogP contribution in [0, 0.1) is 17.1 Å². The number of carbonyl (C=O) groups excluding carboxylic acids is 1. The van der Waals surface area contributed by atoms with E-state index in [-0.39, 0.29) is 11.6 Å². The number of hydrogen-bond donors (Lipinski definition) is 1. The molecule has 0 bridgehead atoms. The van der Waals surface area contributed by atoms with Gasteiger partial charge in [0.1, 0.15) is 5.82 Å². The van der Waals surface area contributed by atoms with Crippen LogP contribution < -0.4 is 9.80 Å². The number of nitrogens with zero attached hydrogens (tertiary/aromatic N) is 2. The van der Waals surface area contributed by atoms with Gasteiger partial charge in [0.05, 0.1) is 50.0 Å². The first-order valence-corrected chi connectivity index (χ1v) is 9.21. The number of quaternary nitrogens is 1. The topological polar surface area (TPSA) is 48.5 Å². The molecule has 1 fully saturated rings. The lowest BCUT2D eigenvalue weighted by atomic mass is 10.1. The molecule has 5 heteroatoms. The summed E-state index contributed by atoms with van der Waals surface area (Å²) in [5.74, 6) is -0.599. The van der Waals surface area contributed by atoms with Gasteiger partial charge in [-0.05, 0) is 48.9 Å². The van der Waals surface area contributed by atoms with E-state index in [1.165, 1.54) is 17.0 Å². The van der Waals surface area contributed by atoms with Gasteiger partial charge in [0.25, 0.3) is 0 Å². The number of ketones is 1. The van der Waals surface area contributed by atoms with Crippen LogP contribution in [-0.4, -0.2) is 38.5 Å². The Labute approximate surface area is 159 Å². The summed E-state index contributed by atoms with van der Waals surface area (Å²) in [5.41, 5.74) is 2.28. The summed E-state index contributed by atoms with van der Waals surface area (Å²) >= 11 is 0. The van der Waals surface area contributed by atoms with Crippen molar-refractivity contribution in [2.75, 3.05) is 37.6 Å². The van der Waals surface area contributed by atoms with E-state index in [1.54, 1.807) is 42.5 Å². The van der Waals surface area contributed by atoms with Crippen molar-refractivity contribution in [1.82, 2.24) is 0 Å². The van der Waals surface area contributed by atoms with Crippen molar-refractivity contribution in [3.05, 3.63) is 71.0 Å². The molecule has 0 unspecified atom stereocenters. The van der Waals surface area contributed by atoms with Gasteiger partial charge in [-0.2, -0.15) is 5.26 Å². The summed E-state index contributed by atoms with van der Waals surface area (Å²) in [6.45, 7) is 6.92. The van der Waals surface area contributed by atoms with Crippen LogP contribution in [0.5, 0.6) is 0 Å². The number of rotatable bonds is 5. The number of anilines is 1. The molecular formula is C22H23FN3O+. The zero-order chi connectivity index (χ0) is 19.2. The van der Waals surface area contributed by atoms with Crippen LogP contribution in [0.4, 0.5) is 10.1 Å². The van der Waals surface area contributed by atoms with Crippen molar-refractivity contribution in [2.45, 2.75) is 6.92 Å². The van der Waals surface area contributed by atoms with E-state index in [0.717, 1.165) is 38.3 Å². The number of allylic oxidation sites excluding steroid dienone is 1. The van der Waals surface area contributed by atoms with Crippen molar-refractivity contribution in [3.8, 4) is 6.07 Å². The smallest absolute Gasteiger partial charge is 0.185 e. The van der Waals surface area contributed by atoms with Crippen LogP contribution in [0.1, 0.15) is 28.4 Å². The molecule has 4 nitrogen and oxygen atoms in total. The average molecular weight is 364 g/mol. The number of carbonyl (C=O) groups is 1. The maximum Gasteiger partial charge on any atom is 0.185 e. The summed E-state index contributed by atoms with van der Waals surface area (Å²) in [6.07, 6.45) is 3.10. The molecule has 0 atom stereocenters. The lowest BCUT2D eigenvalue weighted by Crippen LogP contribution is -3.14. The van der Waals surface area contributed by atoms with Gasteiger partial charge in [-0.3, -0.25) is 4.79 Å². The summed E-state index contributed by atoms with van der Waals surface area (Å²) < 4.78 is 14.6. The number of likely N-dealkylation sites (N-methyl/N-ethyl adjacent to an activating group) is 1. The van der Waals surface area contributed by atoms with Gasteiger partial charge in [0.15, 0.2) is 5.78 Å². The van der Waals surface area contributed by atoms with Crippen LogP contribution in [-0.2, 0) is 0 Å². The van der Waals surface area contributed by atoms with E-state index in [1.807, 2.05) is 0 Å². The Morgan fingerprint density at radius 2 is 1.93 bits per heavy atom. The molecule has 0 radical (unpaired) electrons. The minimum atomic E-state index is -0.354. The highest BCUT2D eigenvalue weighted by Crippen LogP contribution is 2.21. The van der Waals surface area contributed by atoms with E-state index in [4.69, 9.17) is 5.26 Å². The van der Waals surface area contributed by atoms with Gasteiger partial charge in [-0.1, -0.05) is 18.2 Å². The molecular weight excluding hydrogens is 341 g/mol. The Bertz CT molecular complexity index is 875. The molecule has 1 heterocycles. The standard InChI is InChI=1S/C22H22FN3O/c1-2-25-11-13-26(14-12-25)21-9-8-19(15-20(21)23)22(27)10-7-17-3-5-18(16-24)6-4-17/h3-10,15H,2,11-14H2,1H3/p+1/b10-7+. The molecule has 1 aliphatic rings. The first-order valence-electron chi connectivity index (χ1n) is 9.21. The zero-order valence-electron chi connectivity index (χ0n) is 15.4. The lowest BCUT2D eigenvalue weighted by molar-refractivity contribution is -0.898. The SMILES string of the molecule is CC[NH+]1CCN(c2ccc(C(=O)/C=C/c3ccc(C#N)cc3)cc2F)CC1. The van der Waals surface area contributed by atoms with Gasteiger partial charge >= 0.3 is 0 Å². The van der Waals surface area contributed by atoms with E-state index in [2.05, 4.69) is 17.9 Å². The predicted octanol–water partition coefficient (Wildman–Crippen LogP) is 2.32. The summed E-state index contributed by atoms with van der Waals surface area (Å²) in [4.78, 5) is 15.9. The number of benzene rings is 2. The second-order valence-electron chi connectivity index (χ2n) is 6.69. The molecule has 1 N–H and O–H groups in total. The van der Waals surface area contributed by atoms with Gasteiger partial charge < -0.3 is 9.80 Å². The van der Waals surface area contributed by atoms with Crippen LogP contribution >= 0.6 is 0 Å². The van der Waals surface area contributed by atoms with Crippen molar-refractivity contribution in [2.24, 2.45) is 0 Å². The minimum Gasteiger partial charge on any atom is -0.358 e. The van der Waals surface area contributed by atoms with Gasteiger partial charge in [-0.15, -0.1) is 0 Å². The molecule has 1 saturated heterocycles. The van der Waals surface area contributed by atoms with Crippen LogP contribution in [0.15, 0.2) is 48.5 Å². The Balaban J connectivity index is 1.68. The number of nitriles is 1. The van der Waals surface area contributed by atoms with Gasteiger partial charge in [0, 0.05) is 5.56 Å². The monoisotopic (exact) mass is 364 g/mol. The normalized spacial score (nSPS) is 15.1. The minimum absolute atomic E-state index is 0.245. The third-order valence-corrected chi connectivity index (χ3v) is 5.01. The maximum absolute atomic E-state index is 14.6. The first-order chi connectivity index (χ1) is 13.1. The largest absolute Gasteiger partial charge is 0.358 e. The van der Waals surface area contributed by atoms with Crippen molar-refractivity contribution in [3.63, 3.8) is 0 Å². The molecule has 0 amide bonds. The fourth-order valence-electron chi connectivity index (χ4n) is 3.27. The Morgan fingerprint density at radius 3 is 2.52 bits per heavy atom. The summed E-state index contributed by atoms with van der Waals surface area (Å²) in [5, 5.41) is 8.80. The number of nitrogens with one attached hydrogen (secondary N) is 1. The van der Waals surface area contributed by atoms with E-state index >= 15 is 0 Å². The third-order valence-electron chi connectivity index (χ3n) is 5.01. The fraction of sp³-hybridized carbons (Fsp3) is 0.273. The molecule has 0 aromatic heterocycles. The maximum atomic E-state index is 14.6. The molecule has 2 aromatic carbocycles. The zero-order valence-corrected chi connectivity index (χ0v) is 15.4. The summed E-state index contributed by atoms with van der Waals surface area (Å²) in [7, 11) is 0. The molecule has 27 heavy (non-hydrogen) atoms. The molecule has 0 aliphatic carbocycles. The summed E-state index contributed by atoms with van der Waals surface area (Å²) in [6, 6.07) is 13.7. The van der Waals surface area contributed by atoms with Crippen LogP contribution in [0.2, 0.25) is 0 Å². The quantitative estimate of drug-likeness (QED) is 0.654. The Hall–Kier alpha value is -2.97. The second kappa shape index (κ2) is 8.61. The molecule has 1 aliphatic heterocycles. The van der Waals surface area contributed by atoms with E-state index in [9.17, 15) is 9.18 Å². The second-order valence-corrected chi connectivity index (χ2v) is 6.69. The van der Waals surface area contributed by atoms with Crippen LogP contribution in [0.25, 0.3) is 6.08 Å². The van der Waals surface area contributed by atoms with Crippen molar-refractivity contribution in [1.29, 1.82) is 5.26 Å². The highest BCUT2D eigenvalue weighted by atomic mass is 19.1. The van der Waals surface area contributed by atoms with E-state index in [0.29, 0.717) is 16.8 Å². The van der Waals surface area contributed by atoms with Crippen LogP contribution in [0.3, 0.4) is 0 Å². The van der Waals surface area contributed by atoms with Crippen molar-refractivity contribution >= 4 is 17.5 Å². The predicted molar refractivity (Wildman–Crippen MR) is 104 cm³/mol. The first kappa shape index (κ1) is 18.8. The highest BCUT2D eigenvalue weighted by molar-refractivity contribution is 6.07. The number of piperazine rings is 1. The fourth-order valence-corrected chi connectivity index (χ4v) is 3.27.